The molecule has 4 nitrogen and oxygen atoms in total. The highest BCUT2D eigenvalue weighted by molar-refractivity contribution is 5.78. The lowest BCUT2D eigenvalue weighted by Gasteiger charge is -2.32. The van der Waals surface area contributed by atoms with Crippen molar-refractivity contribution in [2.24, 2.45) is 5.92 Å². The molecule has 1 saturated carbocycles. The summed E-state index contributed by atoms with van der Waals surface area (Å²) in [7, 11) is 0. The van der Waals surface area contributed by atoms with Gasteiger partial charge in [0.05, 0.1) is 12.1 Å². The zero-order valence-electron chi connectivity index (χ0n) is 12.0. The van der Waals surface area contributed by atoms with Gasteiger partial charge in [-0.15, -0.1) is 0 Å². The molecule has 0 aliphatic heterocycles. The second kappa shape index (κ2) is 7.10. The lowest BCUT2D eigenvalue weighted by atomic mass is 9.85. The average Bonchev–Trinajstić information content (AvgIpc) is 2.29. The van der Waals surface area contributed by atoms with Crippen LogP contribution in [0.4, 0.5) is 0 Å². The highest BCUT2D eigenvalue weighted by Gasteiger charge is 2.28. The third-order valence-corrected chi connectivity index (χ3v) is 3.91. The molecule has 0 saturated heterocycles. The van der Waals surface area contributed by atoms with Crippen LogP contribution in [0, 0.1) is 5.92 Å². The summed E-state index contributed by atoms with van der Waals surface area (Å²) in [4.78, 5) is 11.6. The van der Waals surface area contributed by atoms with Crippen molar-refractivity contribution in [1.29, 1.82) is 0 Å². The number of hydrogen-bond acceptors (Lipinski definition) is 3. The van der Waals surface area contributed by atoms with Gasteiger partial charge >= 0.3 is 0 Å². The molecule has 1 unspecified atom stereocenters. The van der Waals surface area contributed by atoms with E-state index in [0.29, 0.717) is 19.0 Å². The second-order valence-corrected chi connectivity index (χ2v) is 5.99. The molecule has 0 bridgehead atoms. The molecule has 1 aliphatic carbocycles. The van der Waals surface area contributed by atoms with E-state index in [1.165, 1.54) is 6.42 Å². The average molecular weight is 256 g/mol. The fourth-order valence-corrected chi connectivity index (χ4v) is 2.27. The molecule has 1 rings (SSSR count). The van der Waals surface area contributed by atoms with Crippen LogP contribution in [-0.4, -0.2) is 35.7 Å². The van der Waals surface area contributed by atoms with E-state index in [2.05, 4.69) is 24.5 Å². The van der Waals surface area contributed by atoms with Gasteiger partial charge < -0.3 is 15.7 Å². The largest absolute Gasteiger partial charge is 0.389 e. The lowest BCUT2D eigenvalue weighted by molar-refractivity contribution is -0.121. The summed E-state index contributed by atoms with van der Waals surface area (Å²) in [6.07, 6.45) is 5.10. The molecule has 0 aromatic carbocycles. The van der Waals surface area contributed by atoms with Gasteiger partial charge in [0, 0.05) is 12.6 Å². The molecule has 106 valence electrons. The van der Waals surface area contributed by atoms with E-state index in [1.54, 1.807) is 0 Å². The quantitative estimate of drug-likeness (QED) is 0.674. The summed E-state index contributed by atoms with van der Waals surface area (Å²) in [6, 6.07) is 0.192. The van der Waals surface area contributed by atoms with Crippen LogP contribution in [0.5, 0.6) is 0 Å². The highest BCUT2D eigenvalue weighted by Crippen LogP contribution is 2.27. The minimum absolute atomic E-state index is 0.00982. The van der Waals surface area contributed by atoms with Gasteiger partial charge in [-0.2, -0.15) is 0 Å². The van der Waals surface area contributed by atoms with Crippen LogP contribution in [0.25, 0.3) is 0 Å². The minimum Gasteiger partial charge on any atom is -0.389 e. The molecule has 0 spiro atoms. The topological polar surface area (TPSA) is 61.4 Å². The first-order valence-corrected chi connectivity index (χ1v) is 7.15. The number of aliphatic hydroxyl groups is 1. The maximum Gasteiger partial charge on any atom is 0.234 e. The predicted octanol–water partition coefficient (Wildman–Crippen LogP) is 1.43. The normalized spacial score (nSPS) is 20.7. The van der Waals surface area contributed by atoms with Gasteiger partial charge in [0.25, 0.3) is 0 Å². The third kappa shape index (κ3) is 5.36. The third-order valence-electron chi connectivity index (χ3n) is 3.91. The van der Waals surface area contributed by atoms with E-state index < -0.39 is 5.60 Å². The maximum atomic E-state index is 11.6. The maximum absolute atomic E-state index is 11.6. The Hall–Kier alpha value is -0.610. The Morgan fingerprint density at radius 1 is 1.22 bits per heavy atom. The molecule has 0 aromatic heterocycles. The van der Waals surface area contributed by atoms with Crippen LogP contribution in [-0.2, 0) is 4.79 Å². The Balaban J connectivity index is 2.18. The van der Waals surface area contributed by atoms with Crippen molar-refractivity contribution in [2.75, 3.05) is 13.1 Å². The van der Waals surface area contributed by atoms with E-state index in [1.807, 2.05) is 6.92 Å². The smallest absolute Gasteiger partial charge is 0.234 e. The van der Waals surface area contributed by atoms with Crippen LogP contribution < -0.4 is 10.6 Å². The van der Waals surface area contributed by atoms with Crippen LogP contribution in [0.1, 0.15) is 52.9 Å². The molecular formula is C14H28N2O2. The van der Waals surface area contributed by atoms with Crippen LogP contribution in [0.2, 0.25) is 0 Å². The van der Waals surface area contributed by atoms with Crippen molar-refractivity contribution in [1.82, 2.24) is 10.6 Å². The van der Waals surface area contributed by atoms with Gasteiger partial charge in [0.15, 0.2) is 0 Å². The van der Waals surface area contributed by atoms with Crippen molar-refractivity contribution in [3.05, 3.63) is 0 Å². The molecule has 0 heterocycles. The molecular weight excluding hydrogens is 228 g/mol. The van der Waals surface area contributed by atoms with Crippen molar-refractivity contribution >= 4 is 5.91 Å². The van der Waals surface area contributed by atoms with Gasteiger partial charge in [-0.05, 0) is 25.7 Å². The lowest BCUT2D eigenvalue weighted by Crippen LogP contribution is -2.47. The van der Waals surface area contributed by atoms with Gasteiger partial charge in [-0.3, -0.25) is 4.79 Å². The number of hydrogen-bond donors (Lipinski definition) is 3. The van der Waals surface area contributed by atoms with Crippen molar-refractivity contribution in [2.45, 2.75) is 64.5 Å². The first kappa shape index (κ1) is 15.4. The molecule has 1 atom stereocenters. The fourth-order valence-electron chi connectivity index (χ4n) is 2.27. The first-order chi connectivity index (χ1) is 8.43. The molecule has 1 fully saturated rings. The molecule has 18 heavy (non-hydrogen) atoms. The summed E-state index contributed by atoms with van der Waals surface area (Å²) in [5.41, 5.74) is -0.595. The summed E-state index contributed by atoms with van der Waals surface area (Å²) in [5.74, 6) is 0.451. The van der Waals surface area contributed by atoms with Crippen LogP contribution >= 0.6 is 0 Å². The molecule has 1 aliphatic rings. The SMILES string of the molecule is CC(C)C(C)NC(=O)CNCC1(O)CCCCC1. The Bertz CT molecular complexity index is 261. The van der Waals surface area contributed by atoms with Gasteiger partial charge in [-0.1, -0.05) is 33.1 Å². The monoisotopic (exact) mass is 256 g/mol. The second-order valence-electron chi connectivity index (χ2n) is 5.99. The molecule has 0 aromatic rings. The fraction of sp³-hybridized carbons (Fsp3) is 0.929. The Morgan fingerprint density at radius 3 is 2.39 bits per heavy atom. The van der Waals surface area contributed by atoms with E-state index in [-0.39, 0.29) is 11.9 Å². The molecule has 3 N–H and O–H groups in total. The number of nitrogens with one attached hydrogen (secondary N) is 2. The number of carbonyl (C=O) groups is 1. The van der Waals surface area contributed by atoms with Crippen molar-refractivity contribution in [3.63, 3.8) is 0 Å². The number of rotatable bonds is 6. The Labute approximate surface area is 111 Å². The first-order valence-electron chi connectivity index (χ1n) is 7.15. The van der Waals surface area contributed by atoms with E-state index in [9.17, 15) is 9.90 Å². The molecule has 4 heteroatoms. The Kier molecular flexibility index (Phi) is 6.09. The summed E-state index contributed by atoms with van der Waals surface area (Å²) >= 11 is 0. The zero-order valence-corrected chi connectivity index (χ0v) is 12.0. The van der Waals surface area contributed by atoms with Crippen LogP contribution in [0.15, 0.2) is 0 Å². The van der Waals surface area contributed by atoms with Crippen molar-refractivity contribution in [3.8, 4) is 0 Å². The summed E-state index contributed by atoms with van der Waals surface area (Å²) in [6.45, 7) is 7.00. The van der Waals surface area contributed by atoms with E-state index in [0.717, 1.165) is 25.7 Å². The van der Waals surface area contributed by atoms with Crippen LogP contribution in [0.3, 0.4) is 0 Å². The van der Waals surface area contributed by atoms with E-state index in [4.69, 9.17) is 0 Å². The summed E-state index contributed by atoms with van der Waals surface area (Å²) in [5, 5.41) is 16.3. The zero-order chi connectivity index (χ0) is 13.6. The molecule has 0 radical (unpaired) electrons. The van der Waals surface area contributed by atoms with Gasteiger partial charge in [0.2, 0.25) is 5.91 Å². The number of carbonyl (C=O) groups excluding carboxylic acids is 1. The summed E-state index contributed by atoms with van der Waals surface area (Å²) < 4.78 is 0. The van der Waals surface area contributed by atoms with E-state index >= 15 is 0 Å². The van der Waals surface area contributed by atoms with Gasteiger partial charge in [-0.25, -0.2) is 0 Å². The predicted molar refractivity (Wildman–Crippen MR) is 73.3 cm³/mol. The van der Waals surface area contributed by atoms with Gasteiger partial charge in [0.1, 0.15) is 0 Å². The Morgan fingerprint density at radius 2 is 1.83 bits per heavy atom. The highest BCUT2D eigenvalue weighted by atomic mass is 16.3. The number of amides is 1. The minimum atomic E-state index is -0.595. The van der Waals surface area contributed by atoms with Crippen molar-refractivity contribution < 1.29 is 9.90 Å². The molecule has 1 amide bonds. The standard InChI is InChI=1S/C14H28N2O2/c1-11(2)12(3)16-13(17)9-15-10-14(18)7-5-4-6-8-14/h11-12,15,18H,4-10H2,1-3H3,(H,16,17).